The molecule has 0 aliphatic rings. The zero-order valence-electron chi connectivity index (χ0n) is 19.9. The summed E-state index contributed by atoms with van der Waals surface area (Å²) in [6.07, 6.45) is 0. The van der Waals surface area contributed by atoms with Gasteiger partial charge in [-0.1, -0.05) is 54.1 Å². The maximum absolute atomic E-state index is 13.1. The lowest BCUT2D eigenvalue weighted by atomic mass is 10.1. The van der Waals surface area contributed by atoms with Gasteiger partial charge in [-0.25, -0.2) is 13.4 Å². The van der Waals surface area contributed by atoms with E-state index >= 15 is 0 Å². The third-order valence-corrected chi connectivity index (χ3v) is 7.05. The first kappa shape index (κ1) is 23.3. The number of nitrogens with zero attached hydrogens (tertiary/aromatic N) is 2. The van der Waals surface area contributed by atoms with Gasteiger partial charge in [-0.15, -0.1) is 0 Å². The lowest BCUT2D eigenvalue weighted by molar-refractivity contribution is 0.602. The Morgan fingerprint density at radius 1 is 0.667 bits per heavy atom. The standard InChI is InChI=1S/C28H25N5O2S/c1-19-10-12-23(13-11-19)31-28-29-20(2)18-27(32-28)30-22-14-16-24(17-15-22)33-36(34,35)26-9-5-7-21-6-3-4-8-25(21)26/h3-18,33H,1-2H3,(H2,29,30,31,32). The molecule has 0 spiro atoms. The van der Waals surface area contributed by atoms with Crippen LogP contribution in [-0.4, -0.2) is 18.4 Å². The number of anilines is 5. The third-order valence-electron chi connectivity index (χ3n) is 5.61. The van der Waals surface area contributed by atoms with Gasteiger partial charge in [0.2, 0.25) is 5.95 Å². The van der Waals surface area contributed by atoms with Gasteiger partial charge in [0.15, 0.2) is 0 Å². The second-order valence-corrected chi connectivity index (χ2v) is 10.1. The summed E-state index contributed by atoms with van der Waals surface area (Å²) in [5.41, 5.74) is 4.12. The minimum absolute atomic E-state index is 0.243. The monoisotopic (exact) mass is 495 g/mol. The van der Waals surface area contributed by atoms with Gasteiger partial charge in [0.1, 0.15) is 5.82 Å². The highest BCUT2D eigenvalue weighted by Crippen LogP contribution is 2.26. The van der Waals surface area contributed by atoms with Crippen LogP contribution in [-0.2, 0) is 10.0 Å². The second-order valence-electron chi connectivity index (χ2n) is 8.49. The van der Waals surface area contributed by atoms with Gasteiger partial charge in [0.25, 0.3) is 10.0 Å². The number of hydrogen-bond acceptors (Lipinski definition) is 6. The molecule has 0 aliphatic carbocycles. The van der Waals surface area contributed by atoms with E-state index in [2.05, 4.69) is 25.3 Å². The number of nitrogens with one attached hydrogen (secondary N) is 3. The van der Waals surface area contributed by atoms with Crippen molar-refractivity contribution >= 4 is 49.6 Å². The molecule has 5 aromatic rings. The van der Waals surface area contributed by atoms with Crippen molar-refractivity contribution in [1.82, 2.24) is 9.97 Å². The summed E-state index contributed by atoms with van der Waals surface area (Å²) in [5.74, 6) is 1.11. The van der Waals surface area contributed by atoms with Crippen molar-refractivity contribution in [3.05, 3.63) is 108 Å². The first-order valence-corrected chi connectivity index (χ1v) is 12.9. The fourth-order valence-corrected chi connectivity index (χ4v) is 5.15. The van der Waals surface area contributed by atoms with Crippen molar-refractivity contribution in [3.8, 4) is 0 Å². The molecule has 36 heavy (non-hydrogen) atoms. The Morgan fingerprint density at radius 2 is 1.31 bits per heavy atom. The molecule has 1 heterocycles. The number of hydrogen-bond donors (Lipinski definition) is 3. The minimum Gasteiger partial charge on any atom is -0.340 e. The molecule has 0 radical (unpaired) electrons. The molecule has 1 aromatic heterocycles. The number of fused-ring (bicyclic) bond motifs is 1. The van der Waals surface area contributed by atoms with Crippen molar-refractivity contribution in [2.75, 3.05) is 15.4 Å². The van der Waals surface area contributed by atoms with Crippen LogP contribution in [0.2, 0.25) is 0 Å². The zero-order chi connectivity index (χ0) is 25.1. The Kier molecular flexibility index (Phi) is 6.26. The van der Waals surface area contributed by atoms with Gasteiger partial charge >= 0.3 is 0 Å². The van der Waals surface area contributed by atoms with Crippen LogP contribution in [0.1, 0.15) is 11.3 Å². The number of aryl methyl sites for hydroxylation is 2. The van der Waals surface area contributed by atoms with Crippen LogP contribution in [0.15, 0.2) is 102 Å². The molecule has 3 N–H and O–H groups in total. The normalized spacial score (nSPS) is 11.3. The van der Waals surface area contributed by atoms with Gasteiger partial charge in [0, 0.05) is 34.2 Å². The van der Waals surface area contributed by atoms with Crippen LogP contribution in [0.25, 0.3) is 10.8 Å². The summed E-state index contributed by atoms with van der Waals surface area (Å²) in [7, 11) is -3.75. The van der Waals surface area contributed by atoms with Crippen LogP contribution in [0.5, 0.6) is 0 Å². The zero-order valence-corrected chi connectivity index (χ0v) is 20.7. The molecule has 8 heteroatoms. The minimum atomic E-state index is -3.75. The average molecular weight is 496 g/mol. The quantitative estimate of drug-likeness (QED) is 0.237. The fourth-order valence-electron chi connectivity index (χ4n) is 3.86. The van der Waals surface area contributed by atoms with E-state index in [0.29, 0.717) is 22.8 Å². The Bertz CT molecular complexity index is 1630. The van der Waals surface area contributed by atoms with E-state index in [-0.39, 0.29) is 4.90 Å². The van der Waals surface area contributed by atoms with E-state index in [1.807, 2.05) is 74.5 Å². The van der Waals surface area contributed by atoms with Crippen LogP contribution >= 0.6 is 0 Å². The Morgan fingerprint density at radius 3 is 2.08 bits per heavy atom. The van der Waals surface area contributed by atoms with Gasteiger partial charge in [-0.3, -0.25) is 4.72 Å². The van der Waals surface area contributed by atoms with Crippen molar-refractivity contribution in [3.63, 3.8) is 0 Å². The van der Waals surface area contributed by atoms with E-state index in [1.165, 1.54) is 5.56 Å². The SMILES string of the molecule is Cc1ccc(Nc2nc(C)cc(Nc3ccc(NS(=O)(=O)c4cccc5ccccc45)cc3)n2)cc1. The van der Waals surface area contributed by atoms with Crippen LogP contribution < -0.4 is 15.4 Å². The Labute approximate surface area is 210 Å². The third kappa shape index (κ3) is 5.29. The van der Waals surface area contributed by atoms with Crippen molar-refractivity contribution < 1.29 is 8.42 Å². The molecule has 0 fully saturated rings. The van der Waals surface area contributed by atoms with E-state index in [4.69, 9.17) is 0 Å². The summed E-state index contributed by atoms with van der Waals surface area (Å²) in [6, 6.07) is 29.5. The predicted molar refractivity (Wildman–Crippen MR) is 146 cm³/mol. The highest BCUT2D eigenvalue weighted by atomic mass is 32.2. The molecule has 180 valence electrons. The largest absolute Gasteiger partial charge is 0.340 e. The second kappa shape index (κ2) is 9.67. The van der Waals surface area contributed by atoms with Gasteiger partial charge in [0.05, 0.1) is 4.90 Å². The van der Waals surface area contributed by atoms with Gasteiger partial charge in [-0.05, 0) is 61.7 Å². The Hall–Kier alpha value is -4.43. The van der Waals surface area contributed by atoms with E-state index in [9.17, 15) is 8.42 Å². The maximum Gasteiger partial charge on any atom is 0.262 e. The maximum atomic E-state index is 13.1. The highest BCUT2D eigenvalue weighted by molar-refractivity contribution is 7.93. The molecular weight excluding hydrogens is 470 g/mol. The molecule has 5 rings (SSSR count). The lowest BCUT2D eigenvalue weighted by Gasteiger charge is -2.12. The number of benzene rings is 4. The Balaban J connectivity index is 1.31. The lowest BCUT2D eigenvalue weighted by Crippen LogP contribution is -2.13. The smallest absolute Gasteiger partial charge is 0.262 e. The average Bonchev–Trinajstić information content (AvgIpc) is 2.86. The van der Waals surface area contributed by atoms with E-state index in [0.717, 1.165) is 22.5 Å². The molecule has 0 bridgehead atoms. The van der Waals surface area contributed by atoms with Gasteiger partial charge in [-0.2, -0.15) is 4.98 Å². The van der Waals surface area contributed by atoms with E-state index in [1.54, 1.807) is 36.4 Å². The van der Waals surface area contributed by atoms with Crippen molar-refractivity contribution in [1.29, 1.82) is 0 Å². The molecule has 0 unspecified atom stereocenters. The van der Waals surface area contributed by atoms with Crippen LogP contribution in [0, 0.1) is 13.8 Å². The molecular formula is C28H25N5O2S. The van der Waals surface area contributed by atoms with Crippen LogP contribution in [0.4, 0.5) is 28.8 Å². The predicted octanol–water partition coefficient (Wildman–Crippen LogP) is 6.53. The van der Waals surface area contributed by atoms with Gasteiger partial charge < -0.3 is 10.6 Å². The fraction of sp³-hybridized carbons (Fsp3) is 0.0714. The first-order chi connectivity index (χ1) is 17.4. The molecule has 7 nitrogen and oxygen atoms in total. The number of sulfonamides is 1. The summed E-state index contributed by atoms with van der Waals surface area (Å²) in [6.45, 7) is 3.94. The topological polar surface area (TPSA) is 96.0 Å². The molecule has 4 aromatic carbocycles. The van der Waals surface area contributed by atoms with Crippen molar-refractivity contribution in [2.24, 2.45) is 0 Å². The number of aromatic nitrogens is 2. The molecule has 0 saturated heterocycles. The highest BCUT2D eigenvalue weighted by Gasteiger charge is 2.17. The van der Waals surface area contributed by atoms with Crippen molar-refractivity contribution in [2.45, 2.75) is 18.7 Å². The first-order valence-electron chi connectivity index (χ1n) is 11.4. The van der Waals surface area contributed by atoms with E-state index < -0.39 is 10.0 Å². The molecule has 0 saturated carbocycles. The summed E-state index contributed by atoms with van der Waals surface area (Å²) < 4.78 is 28.8. The molecule has 0 aliphatic heterocycles. The summed E-state index contributed by atoms with van der Waals surface area (Å²) in [4.78, 5) is 9.25. The number of rotatable bonds is 7. The summed E-state index contributed by atoms with van der Waals surface area (Å²) >= 11 is 0. The molecule has 0 amide bonds. The molecule has 0 atom stereocenters. The van der Waals surface area contributed by atoms with Crippen LogP contribution in [0.3, 0.4) is 0 Å². The summed E-state index contributed by atoms with van der Waals surface area (Å²) in [5, 5.41) is 8.03.